The fourth-order valence-electron chi connectivity index (χ4n) is 4.75. The minimum absolute atomic E-state index is 0.0183. The van der Waals surface area contributed by atoms with E-state index in [0.717, 1.165) is 23.3 Å². The second-order valence-electron chi connectivity index (χ2n) is 8.12. The number of H-pyrrole nitrogens is 1. The van der Waals surface area contributed by atoms with Gasteiger partial charge in [-0.3, -0.25) is 4.79 Å². The lowest BCUT2D eigenvalue weighted by Gasteiger charge is -2.36. The van der Waals surface area contributed by atoms with Gasteiger partial charge in [0.2, 0.25) is 0 Å². The first-order valence-electron chi connectivity index (χ1n) is 10.2. The number of ketones is 1. The van der Waals surface area contributed by atoms with Crippen LogP contribution in [0.5, 0.6) is 11.5 Å². The first-order chi connectivity index (χ1) is 15.0. The number of likely N-dealkylation sites (N-methyl/N-ethyl adjacent to an activating group) is 1. The molecule has 1 spiro atoms. The Morgan fingerprint density at radius 2 is 1.84 bits per heavy atom. The molecular weight excluding hydrogens is 394 g/mol. The van der Waals surface area contributed by atoms with E-state index in [2.05, 4.69) is 14.9 Å². The van der Waals surface area contributed by atoms with Gasteiger partial charge < -0.3 is 30.0 Å². The highest BCUT2D eigenvalue weighted by atomic mass is 16.5. The van der Waals surface area contributed by atoms with Gasteiger partial charge in [-0.1, -0.05) is 12.1 Å². The van der Waals surface area contributed by atoms with Crippen molar-refractivity contribution in [2.45, 2.75) is 12.0 Å². The smallest absolute Gasteiger partial charge is 0.197 e. The van der Waals surface area contributed by atoms with Gasteiger partial charge in [0, 0.05) is 31.3 Å². The summed E-state index contributed by atoms with van der Waals surface area (Å²) < 4.78 is 10.9. The van der Waals surface area contributed by atoms with Crippen molar-refractivity contribution in [3.05, 3.63) is 54.1 Å². The molecule has 2 aliphatic heterocycles. The zero-order chi connectivity index (χ0) is 21.8. The molecule has 2 aliphatic rings. The van der Waals surface area contributed by atoms with Gasteiger partial charge in [0.15, 0.2) is 5.78 Å². The number of fused-ring (bicyclic) bond motifs is 1. The molecule has 1 atom stereocenters. The summed E-state index contributed by atoms with van der Waals surface area (Å²) >= 11 is 0. The summed E-state index contributed by atoms with van der Waals surface area (Å²) in [7, 11) is 5.22. The number of nitrogens with two attached hydrogens (primary N) is 1. The molecule has 1 fully saturated rings. The van der Waals surface area contributed by atoms with Crippen molar-refractivity contribution >= 4 is 28.1 Å². The normalized spacial score (nSPS) is 21.6. The SMILES string of the molecule is COc1cc(OC)cc(N2C(N)=C(c3nc4ccccc4[nH]3)C(=O)C23CCN(C)C3)c1. The van der Waals surface area contributed by atoms with Gasteiger partial charge >= 0.3 is 0 Å². The number of carbonyl (C=O) groups is 1. The van der Waals surface area contributed by atoms with Gasteiger partial charge in [0.25, 0.3) is 0 Å². The molecule has 0 saturated carbocycles. The van der Waals surface area contributed by atoms with E-state index < -0.39 is 5.54 Å². The Kier molecular flexibility index (Phi) is 4.40. The van der Waals surface area contributed by atoms with Gasteiger partial charge in [-0.2, -0.15) is 0 Å². The zero-order valence-corrected chi connectivity index (χ0v) is 17.8. The molecule has 8 heteroatoms. The minimum Gasteiger partial charge on any atom is -0.497 e. The van der Waals surface area contributed by atoms with E-state index in [4.69, 9.17) is 15.2 Å². The lowest BCUT2D eigenvalue weighted by atomic mass is 9.90. The first kappa shape index (κ1) is 19.4. The zero-order valence-electron chi connectivity index (χ0n) is 17.8. The Labute approximate surface area is 180 Å². The van der Waals surface area contributed by atoms with E-state index in [9.17, 15) is 4.79 Å². The summed E-state index contributed by atoms with van der Waals surface area (Å²) in [6, 6.07) is 13.3. The van der Waals surface area contributed by atoms with Crippen molar-refractivity contribution in [2.24, 2.45) is 5.73 Å². The van der Waals surface area contributed by atoms with Crippen molar-refractivity contribution in [3.63, 3.8) is 0 Å². The molecule has 3 aromatic rings. The maximum atomic E-state index is 13.9. The van der Waals surface area contributed by atoms with Crippen LogP contribution in [0.1, 0.15) is 12.2 Å². The Morgan fingerprint density at radius 3 is 2.45 bits per heavy atom. The second-order valence-corrected chi connectivity index (χ2v) is 8.12. The number of methoxy groups -OCH3 is 2. The van der Waals surface area contributed by atoms with Gasteiger partial charge in [-0.25, -0.2) is 4.98 Å². The van der Waals surface area contributed by atoms with Crippen molar-refractivity contribution in [2.75, 3.05) is 39.3 Å². The third-order valence-corrected chi connectivity index (χ3v) is 6.23. The topological polar surface area (TPSA) is 96.7 Å². The number of ether oxygens (including phenoxy) is 2. The van der Waals surface area contributed by atoms with Crippen molar-refractivity contribution in [1.82, 2.24) is 14.9 Å². The lowest BCUT2D eigenvalue weighted by molar-refractivity contribution is -0.117. The largest absolute Gasteiger partial charge is 0.497 e. The fraction of sp³-hybridized carbons (Fsp3) is 0.304. The average molecular weight is 419 g/mol. The minimum atomic E-state index is -0.801. The molecule has 1 saturated heterocycles. The van der Waals surface area contributed by atoms with Crippen molar-refractivity contribution in [1.29, 1.82) is 0 Å². The Hall–Kier alpha value is -3.52. The highest BCUT2D eigenvalue weighted by molar-refractivity contribution is 6.30. The number of benzene rings is 2. The molecule has 3 N–H and O–H groups in total. The predicted molar refractivity (Wildman–Crippen MR) is 119 cm³/mol. The molecule has 0 bridgehead atoms. The number of nitrogens with zero attached hydrogens (tertiary/aromatic N) is 3. The van der Waals surface area contributed by atoms with Gasteiger partial charge in [0.05, 0.1) is 30.9 Å². The highest BCUT2D eigenvalue weighted by Crippen LogP contribution is 2.46. The standard InChI is InChI=1S/C23H25N5O3/c1-27-9-8-23(13-27)20(29)19(22-25-17-6-4-5-7-18(17)26-22)21(24)28(23)14-10-15(30-2)12-16(11-14)31-3/h4-7,10-12H,8-9,13,24H2,1-3H3,(H,25,26). The number of para-hydroxylation sites is 2. The van der Waals surface area contributed by atoms with Crippen molar-refractivity contribution < 1.29 is 14.3 Å². The number of carbonyl (C=O) groups excluding carboxylic acids is 1. The van der Waals surface area contributed by atoms with E-state index in [-0.39, 0.29) is 5.78 Å². The Balaban J connectivity index is 1.71. The van der Waals surface area contributed by atoms with Gasteiger partial charge in [-0.15, -0.1) is 0 Å². The number of hydrogen-bond donors (Lipinski definition) is 2. The van der Waals surface area contributed by atoms with Crippen LogP contribution in [0.2, 0.25) is 0 Å². The van der Waals surface area contributed by atoms with E-state index in [1.807, 2.05) is 48.3 Å². The number of hydrogen-bond acceptors (Lipinski definition) is 7. The molecule has 0 amide bonds. The maximum absolute atomic E-state index is 13.9. The molecule has 5 rings (SSSR count). The van der Waals surface area contributed by atoms with Crippen LogP contribution in [0, 0.1) is 0 Å². The number of anilines is 1. The van der Waals surface area contributed by atoms with Crippen LogP contribution >= 0.6 is 0 Å². The number of imidazole rings is 1. The van der Waals surface area contributed by atoms with Gasteiger partial charge in [0.1, 0.15) is 34.3 Å². The summed E-state index contributed by atoms with van der Waals surface area (Å²) in [5, 5.41) is 0. The molecule has 2 aromatic carbocycles. The summed E-state index contributed by atoms with van der Waals surface area (Å²) in [6.07, 6.45) is 0.659. The van der Waals surface area contributed by atoms with Crippen LogP contribution in [-0.2, 0) is 4.79 Å². The Bertz CT molecular complexity index is 1160. The molecule has 8 nitrogen and oxygen atoms in total. The number of rotatable bonds is 4. The average Bonchev–Trinajstić information content (AvgIpc) is 3.42. The molecular formula is C23H25N5O3. The summed E-state index contributed by atoms with van der Waals surface area (Å²) in [5.74, 6) is 2.13. The van der Waals surface area contributed by atoms with Gasteiger partial charge in [-0.05, 0) is 25.6 Å². The Morgan fingerprint density at radius 1 is 1.13 bits per heavy atom. The van der Waals surface area contributed by atoms with Crippen LogP contribution in [0.15, 0.2) is 48.3 Å². The third-order valence-electron chi connectivity index (χ3n) is 6.23. The lowest BCUT2D eigenvalue weighted by Crippen LogP contribution is -2.52. The van der Waals surface area contributed by atoms with Crippen LogP contribution in [0.3, 0.4) is 0 Å². The molecule has 3 heterocycles. The molecule has 0 radical (unpaired) electrons. The molecule has 0 aliphatic carbocycles. The van der Waals surface area contributed by atoms with E-state index in [1.54, 1.807) is 20.3 Å². The number of Topliss-reactive ketones (excluding diaryl/α,β-unsaturated/α-hetero) is 1. The number of nitrogens with one attached hydrogen (secondary N) is 1. The van der Waals surface area contributed by atoms with E-state index in [1.165, 1.54) is 0 Å². The number of likely N-dealkylation sites (tertiary alicyclic amines) is 1. The number of aromatic amines is 1. The monoisotopic (exact) mass is 419 g/mol. The molecule has 1 aromatic heterocycles. The predicted octanol–water partition coefficient (Wildman–Crippen LogP) is 2.37. The summed E-state index contributed by atoms with van der Waals surface area (Å²) in [5.41, 5.74) is 8.75. The van der Waals surface area contributed by atoms with Crippen LogP contribution in [0.25, 0.3) is 16.6 Å². The number of aromatic nitrogens is 2. The molecule has 1 unspecified atom stereocenters. The van der Waals surface area contributed by atoms with Crippen LogP contribution in [0.4, 0.5) is 5.69 Å². The van der Waals surface area contributed by atoms with Crippen molar-refractivity contribution in [3.8, 4) is 11.5 Å². The highest BCUT2D eigenvalue weighted by Gasteiger charge is 2.56. The molecule has 160 valence electrons. The van der Waals surface area contributed by atoms with E-state index >= 15 is 0 Å². The first-order valence-corrected chi connectivity index (χ1v) is 10.2. The van der Waals surface area contributed by atoms with Crippen LogP contribution in [-0.4, -0.2) is 60.5 Å². The molecule has 31 heavy (non-hydrogen) atoms. The van der Waals surface area contributed by atoms with Crippen LogP contribution < -0.4 is 20.1 Å². The maximum Gasteiger partial charge on any atom is 0.197 e. The fourth-order valence-corrected chi connectivity index (χ4v) is 4.75. The summed E-state index contributed by atoms with van der Waals surface area (Å²) in [6.45, 7) is 1.36. The quantitative estimate of drug-likeness (QED) is 0.670. The third kappa shape index (κ3) is 2.86. The second kappa shape index (κ2) is 7.02. The summed E-state index contributed by atoms with van der Waals surface area (Å²) in [4.78, 5) is 25.9. The van der Waals surface area contributed by atoms with E-state index in [0.29, 0.717) is 41.7 Å².